The molecule has 1 unspecified atom stereocenters. The van der Waals surface area contributed by atoms with E-state index in [1.807, 2.05) is 72.6 Å². The molecule has 0 aromatic heterocycles. The molecule has 32 heavy (non-hydrogen) atoms. The predicted octanol–water partition coefficient (Wildman–Crippen LogP) is 5.13. The quantitative estimate of drug-likeness (QED) is 0.627. The maximum atomic E-state index is 12.9. The van der Waals surface area contributed by atoms with Crippen LogP contribution in [0.5, 0.6) is 11.5 Å². The summed E-state index contributed by atoms with van der Waals surface area (Å²) >= 11 is 0. The normalized spacial score (nSPS) is 17.4. The first kappa shape index (κ1) is 20.1. The van der Waals surface area contributed by atoms with Crippen molar-refractivity contribution in [2.24, 2.45) is 0 Å². The molecule has 2 aliphatic heterocycles. The Bertz CT molecular complexity index is 1140. The van der Waals surface area contributed by atoms with Gasteiger partial charge in [0, 0.05) is 24.8 Å². The number of piperidine rings is 1. The molecule has 0 bridgehead atoms. The minimum Gasteiger partial charge on any atom is -0.457 e. The number of nitrogens with zero attached hydrogens (tertiary/aromatic N) is 2. The van der Waals surface area contributed by atoms with Crippen LogP contribution in [0.1, 0.15) is 40.0 Å². The van der Waals surface area contributed by atoms with Gasteiger partial charge in [-0.15, -0.1) is 0 Å². The van der Waals surface area contributed by atoms with Crippen LogP contribution in [-0.2, 0) is 0 Å². The molecule has 2 heterocycles. The number of amides is 2. The second-order valence-electron chi connectivity index (χ2n) is 8.21. The standard InChI is InChI=1S/C26H25N3O3/c1-28-23-17-18(10-15-22(23)26(31)29-16-6-5-9-24(28)29)25(30)27-19-11-13-21(14-12-19)32-20-7-3-2-4-8-20/h2-4,7-8,10-15,17,24H,5-6,9,16H2,1H3,(H,27,30). The summed E-state index contributed by atoms with van der Waals surface area (Å²) in [5, 5.41) is 2.93. The lowest BCUT2D eigenvalue weighted by Crippen LogP contribution is -2.55. The number of ether oxygens (including phenoxy) is 1. The summed E-state index contributed by atoms with van der Waals surface area (Å²) in [5.41, 5.74) is 2.68. The molecule has 5 rings (SSSR count). The predicted molar refractivity (Wildman–Crippen MR) is 124 cm³/mol. The zero-order valence-corrected chi connectivity index (χ0v) is 18.0. The van der Waals surface area contributed by atoms with Gasteiger partial charge in [-0.2, -0.15) is 0 Å². The zero-order chi connectivity index (χ0) is 22.1. The van der Waals surface area contributed by atoms with Gasteiger partial charge in [0.15, 0.2) is 0 Å². The van der Waals surface area contributed by atoms with E-state index in [9.17, 15) is 9.59 Å². The van der Waals surface area contributed by atoms with Gasteiger partial charge < -0.3 is 19.9 Å². The van der Waals surface area contributed by atoms with Crippen LogP contribution in [0.2, 0.25) is 0 Å². The maximum Gasteiger partial charge on any atom is 0.257 e. The SMILES string of the molecule is CN1c2cc(C(=O)Nc3ccc(Oc4ccccc4)cc3)ccc2C(=O)N2CCCCC21. The van der Waals surface area contributed by atoms with Gasteiger partial charge in [-0.25, -0.2) is 0 Å². The molecule has 1 N–H and O–H groups in total. The molecule has 0 radical (unpaired) electrons. The Hall–Kier alpha value is -3.80. The fourth-order valence-corrected chi connectivity index (χ4v) is 4.45. The number of hydrogen-bond donors (Lipinski definition) is 1. The summed E-state index contributed by atoms with van der Waals surface area (Å²) in [4.78, 5) is 29.9. The number of benzene rings is 3. The largest absolute Gasteiger partial charge is 0.457 e. The molecule has 0 spiro atoms. The van der Waals surface area contributed by atoms with Crippen molar-refractivity contribution in [1.82, 2.24) is 4.90 Å². The highest BCUT2D eigenvalue weighted by atomic mass is 16.5. The van der Waals surface area contributed by atoms with Crippen LogP contribution in [-0.4, -0.2) is 36.5 Å². The smallest absolute Gasteiger partial charge is 0.257 e. The third-order valence-electron chi connectivity index (χ3n) is 6.14. The van der Waals surface area contributed by atoms with Crippen molar-refractivity contribution in [2.45, 2.75) is 25.4 Å². The molecule has 2 amide bonds. The lowest BCUT2D eigenvalue weighted by molar-refractivity contribution is 0.0589. The Balaban J connectivity index is 1.31. The first-order valence-corrected chi connectivity index (χ1v) is 10.9. The molecular formula is C26H25N3O3. The van der Waals surface area contributed by atoms with Crippen LogP contribution in [0, 0.1) is 0 Å². The Kier molecular flexibility index (Phi) is 5.27. The average Bonchev–Trinajstić information content (AvgIpc) is 2.84. The van der Waals surface area contributed by atoms with E-state index in [1.165, 1.54) is 0 Å². The topological polar surface area (TPSA) is 61.9 Å². The highest BCUT2D eigenvalue weighted by molar-refractivity contribution is 6.08. The van der Waals surface area contributed by atoms with Crippen molar-refractivity contribution in [1.29, 1.82) is 0 Å². The Morgan fingerprint density at radius 3 is 2.50 bits per heavy atom. The Morgan fingerprint density at radius 2 is 1.72 bits per heavy atom. The van der Waals surface area contributed by atoms with Crippen molar-refractivity contribution in [2.75, 3.05) is 23.8 Å². The van der Waals surface area contributed by atoms with Crippen molar-refractivity contribution in [3.05, 3.63) is 83.9 Å². The monoisotopic (exact) mass is 427 g/mol. The highest BCUT2D eigenvalue weighted by Crippen LogP contribution is 2.35. The molecule has 6 nitrogen and oxygen atoms in total. The van der Waals surface area contributed by atoms with E-state index in [2.05, 4.69) is 10.2 Å². The van der Waals surface area contributed by atoms with Gasteiger partial charge in [-0.05, 0) is 73.9 Å². The number of fused-ring (bicyclic) bond motifs is 2. The molecule has 162 valence electrons. The summed E-state index contributed by atoms with van der Waals surface area (Å²) in [6.45, 7) is 0.791. The van der Waals surface area contributed by atoms with E-state index in [4.69, 9.17) is 4.74 Å². The molecule has 3 aromatic rings. The lowest BCUT2D eigenvalue weighted by atomic mass is 9.97. The van der Waals surface area contributed by atoms with Crippen LogP contribution in [0.4, 0.5) is 11.4 Å². The second-order valence-corrected chi connectivity index (χ2v) is 8.21. The molecule has 0 saturated carbocycles. The van der Waals surface area contributed by atoms with Crippen LogP contribution < -0.4 is 15.0 Å². The van der Waals surface area contributed by atoms with Gasteiger partial charge in [0.2, 0.25) is 0 Å². The summed E-state index contributed by atoms with van der Waals surface area (Å²) in [6.07, 6.45) is 3.17. The molecule has 0 aliphatic carbocycles. The van der Waals surface area contributed by atoms with Gasteiger partial charge in [0.05, 0.1) is 11.3 Å². The average molecular weight is 428 g/mol. The van der Waals surface area contributed by atoms with E-state index in [1.54, 1.807) is 12.1 Å². The molecule has 2 aliphatic rings. The first-order valence-electron chi connectivity index (χ1n) is 10.9. The van der Waals surface area contributed by atoms with E-state index in [-0.39, 0.29) is 18.0 Å². The van der Waals surface area contributed by atoms with Crippen molar-refractivity contribution in [3.8, 4) is 11.5 Å². The fourth-order valence-electron chi connectivity index (χ4n) is 4.45. The van der Waals surface area contributed by atoms with Crippen molar-refractivity contribution in [3.63, 3.8) is 0 Å². The number of rotatable bonds is 4. The number of para-hydroxylation sites is 1. The van der Waals surface area contributed by atoms with Crippen LogP contribution in [0.25, 0.3) is 0 Å². The van der Waals surface area contributed by atoms with Gasteiger partial charge >= 0.3 is 0 Å². The second kappa shape index (κ2) is 8.38. The van der Waals surface area contributed by atoms with Crippen LogP contribution in [0.15, 0.2) is 72.8 Å². The summed E-state index contributed by atoms with van der Waals surface area (Å²) in [6, 6.07) is 22.1. The minimum absolute atomic E-state index is 0.0590. The lowest BCUT2D eigenvalue weighted by Gasteiger charge is -2.46. The van der Waals surface area contributed by atoms with E-state index < -0.39 is 0 Å². The van der Waals surface area contributed by atoms with Gasteiger partial charge in [0.1, 0.15) is 17.7 Å². The summed E-state index contributed by atoms with van der Waals surface area (Å²) in [7, 11) is 2.00. The molecule has 1 fully saturated rings. The molecule has 1 saturated heterocycles. The van der Waals surface area contributed by atoms with Crippen molar-refractivity contribution >= 4 is 23.2 Å². The highest BCUT2D eigenvalue weighted by Gasteiger charge is 2.37. The number of carbonyl (C=O) groups excluding carboxylic acids is 2. The number of hydrogen-bond acceptors (Lipinski definition) is 4. The molecule has 1 atom stereocenters. The number of anilines is 2. The maximum absolute atomic E-state index is 12.9. The summed E-state index contributed by atoms with van der Waals surface area (Å²) in [5.74, 6) is 1.30. The summed E-state index contributed by atoms with van der Waals surface area (Å²) < 4.78 is 5.80. The van der Waals surface area contributed by atoms with E-state index in [0.29, 0.717) is 22.6 Å². The van der Waals surface area contributed by atoms with E-state index >= 15 is 0 Å². The van der Waals surface area contributed by atoms with Gasteiger partial charge in [-0.3, -0.25) is 9.59 Å². The fraction of sp³-hybridized carbons (Fsp3) is 0.231. The Morgan fingerprint density at radius 1 is 0.969 bits per heavy atom. The molecular weight excluding hydrogens is 402 g/mol. The number of nitrogens with one attached hydrogen (secondary N) is 1. The minimum atomic E-state index is -0.212. The van der Waals surface area contributed by atoms with Gasteiger partial charge in [0.25, 0.3) is 11.8 Å². The Labute approximate surface area is 187 Å². The molecule has 6 heteroatoms. The van der Waals surface area contributed by atoms with Crippen LogP contribution >= 0.6 is 0 Å². The number of carbonyl (C=O) groups is 2. The zero-order valence-electron chi connectivity index (χ0n) is 18.0. The first-order chi connectivity index (χ1) is 15.6. The van der Waals surface area contributed by atoms with Crippen LogP contribution in [0.3, 0.4) is 0 Å². The third-order valence-corrected chi connectivity index (χ3v) is 6.14. The van der Waals surface area contributed by atoms with E-state index in [0.717, 1.165) is 37.2 Å². The van der Waals surface area contributed by atoms with Gasteiger partial charge in [-0.1, -0.05) is 18.2 Å². The van der Waals surface area contributed by atoms with Crippen molar-refractivity contribution < 1.29 is 14.3 Å². The molecule has 3 aromatic carbocycles. The third kappa shape index (κ3) is 3.80.